The van der Waals surface area contributed by atoms with E-state index in [1.165, 1.54) is 38.5 Å². The van der Waals surface area contributed by atoms with Crippen LogP contribution in [0, 0.1) is 6.92 Å². The molecule has 96 valence electrons. The fourth-order valence-electron chi connectivity index (χ4n) is 2.38. The number of hydrogen-bond acceptors (Lipinski definition) is 5. The van der Waals surface area contributed by atoms with Crippen LogP contribution in [0.4, 0.5) is 0 Å². The van der Waals surface area contributed by atoms with Gasteiger partial charge in [0.1, 0.15) is 0 Å². The molecule has 0 spiro atoms. The first-order chi connectivity index (χ1) is 8.29. The summed E-state index contributed by atoms with van der Waals surface area (Å²) in [5, 5.41) is 12.7. The molecule has 2 rings (SSSR count). The van der Waals surface area contributed by atoms with Crippen molar-refractivity contribution in [3.8, 4) is 0 Å². The lowest BCUT2D eigenvalue weighted by Crippen LogP contribution is -2.36. The SMILES string of the molecule is CNC1CCCCCCC1Sc1nnc(C)o1. The molecule has 1 aliphatic carbocycles. The molecule has 17 heavy (non-hydrogen) atoms. The second-order valence-corrected chi connectivity index (χ2v) is 5.82. The highest BCUT2D eigenvalue weighted by Gasteiger charge is 2.24. The first-order valence-corrected chi connectivity index (χ1v) is 7.31. The van der Waals surface area contributed by atoms with Gasteiger partial charge in [-0.3, -0.25) is 0 Å². The predicted molar refractivity (Wildman–Crippen MR) is 69.2 cm³/mol. The van der Waals surface area contributed by atoms with Gasteiger partial charge in [0.05, 0.1) is 0 Å². The molecule has 1 fully saturated rings. The standard InChI is InChI=1S/C12H21N3OS/c1-9-14-15-12(16-9)17-11-8-6-4-3-5-7-10(11)13-2/h10-11,13H,3-8H2,1-2H3. The number of rotatable bonds is 3. The topological polar surface area (TPSA) is 51.0 Å². The van der Waals surface area contributed by atoms with Crippen LogP contribution in [0.3, 0.4) is 0 Å². The third kappa shape index (κ3) is 3.71. The van der Waals surface area contributed by atoms with Crippen molar-refractivity contribution in [2.45, 2.75) is 62.0 Å². The molecule has 0 radical (unpaired) electrons. The van der Waals surface area contributed by atoms with Crippen molar-refractivity contribution in [3.05, 3.63) is 5.89 Å². The Kier molecular flexibility index (Phi) is 4.86. The molecule has 1 N–H and O–H groups in total. The maximum atomic E-state index is 5.46. The van der Waals surface area contributed by atoms with E-state index in [2.05, 4.69) is 22.6 Å². The normalized spacial score (nSPS) is 26.5. The summed E-state index contributed by atoms with van der Waals surface area (Å²) >= 11 is 1.74. The fourth-order valence-corrected chi connectivity index (χ4v) is 3.61. The van der Waals surface area contributed by atoms with Gasteiger partial charge in [-0.25, -0.2) is 0 Å². The van der Waals surface area contributed by atoms with Crippen molar-refractivity contribution in [3.63, 3.8) is 0 Å². The number of nitrogens with one attached hydrogen (secondary N) is 1. The summed E-state index contributed by atoms with van der Waals surface area (Å²) in [6.45, 7) is 1.84. The minimum Gasteiger partial charge on any atom is -0.416 e. The number of aromatic nitrogens is 2. The van der Waals surface area contributed by atoms with Crippen LogP contribution in [0.25, 0.3) is 0 Å². The second-order valence-electron chi connectivity index (χ2n) is 4.63. The molecule has 4 nitrogen and oxygen atoms in total. The average molecular weight is 255 g/mol. The summed E-state index contributed by atoms with van der Waals surface area (Å²) < 4.78 is 5.46. The number of aryl methyl sites for hydroxylation is 1. The van der Waals surface area contributed by atoms with Crippen LogP contribution < -0.4 is 5.32 Å². The smallest absolute Gasteiger partial charge is 0.276 e. The molecule has 0 bridgehead atoms. The highest BCUT2D eigenvalue weighted by atomic mass is 32.2. The van der Waals surface area contributed by atoms with Crippen molar-refractivity contribution in [1.29, 1.82) is 0 Å². The third-order valence-corrected chi connectivity index (χ3v) is 4.57. The van der Waals surface area contributed by atoms with E-state index in [0.29, 0.717) is 22.4 Å². The Morgan fingerprint density at radius 3 is 2.59 bits per heavy atom. The lowest BCUT2D eigenvalue weighted by Gasteiger charge is -2.27. The maximum absolute atomic E-state index is 5.46. The van der Waals surface area contributed by atoms with Gasteiger partial charge < -0.3 is 9.73 Å². The Morgan fingerprint density at radius 2 is 1.94 bits per heavy atom. The lowest BCUT2D eigenvalue weighted by atomic mass is 9.96. The molecule has 2 atom stereocenters. The van der Waals surface area contributed by atoms with E-state index < -0.39 is 0 Å². The van der Waals surface area contributed by atoms with Gasteiger partial charge in [0.2, 0.25) is 5.89 Å². The molecule has 2 unspecified atom stereocenters. The van der Waals surface area contributed by atoms with Gasteiger partial charge in [0.15, 0.2) is 0 Å². The van der Waals surface area contributed by atoms with Crippen LogP contribution >= 0.6 is 11.8 Å². The van der Waals surface area contributed by atoms with Gasteiger partial charge in [-0.05, 0) is 19.9 Å². The van der Waals surface area contributed by atoms with E-state index in [1.54, 1.807) is 11.8 Å². The molecule has 1 saturated carbocycles. The fraction of sp³-hybridized carbons (Fsp3) is 0.833. The summed E-state index contributed by atoms with van der Waals surface area (Å²) in [6.07, 6.45) is 7.85. The zero-order chi connectivity index (χ0) is 12.1. The zero-order valence-corrected chi connectivity index (χ0v) is 11.4. The van der Waals surface area contributed by atoms with Crippen molar-refractivity contribution in [2.75, 3.05) is 7.05 Å². The second kappa shape index (κ2) is 6.40. The minimum absolute atomic E-state index is 0.556. The summed E-state index contributed by atoms with van der Waals surface area (Å²) in [7, 11) is 2.05. The van der Waals surface area contributed by atoms with Gasteiger partial charge in [0.25, 0.3) is 5.22 Å². The van der Waals surface area contributed by atoms with Crippen molar-refractivity contribution >= 4 is 11.8 Å². The highest BCUT2D eigenvalue weighted by Crippen LogP contribution is 2.31. The van der Waals surface area contributed by atoms with Crippen LogP contribution in [0.2, 0.25) is 0 Å². The van der Waals surface area contributed by atoms with Crippen LogP contribution in [0.5, 0.6) is 0 Å². The van der Waals surface area contributed by atoms with Crippen LogP contribution in [-0.4, -0.2) is 28.5 Å². The monoisotopic (exact) mass is 255 g/mol. The number of thioether (sulfide) groups is 1. The summed E-state index contributed by atoms with van der Waals surface area (Å²) in [4.78, 5) is 0. The molecule has 0 aliphatic heterocycles. The summed E-state index contributed by atoms with van der Waals surface area (Å²) in [6, 6.07) is 0.563. The van der Waals surface area contributed by atoms with Gasteiger partial charge in [0, 0.05) is 18.2 Å². The minimum atomic E-state index is 0.556. The first kappa shape index (κ1) is 12.9. The van der Waals surface area contributed by atoms with Crippen molar-refractivity contribution < 1.29 is 4.42 Å². The van der Waals surface area contributed by atoms with Gasteiger partial charge in [-0.2, -0.15) is 0 Å². The largest absolute Gasteiger partial charge is 0.416 e. The number of hydrogen-bond donors (Lipinski definition) is 1. The van der Waals surface area contributed by atoms with E-state index in [1.807, 2.05) is 6.92 Å². The predicted octanol–water partition coefficient (Wildman–Crippen LogP) is 2.78. The molecule has 5 heteroatoms. The van der Waals surface area contributed by atoms with Crippen LogP contribution in [-0.2, 0) is 0 Å². The quantitative estimate of drug-likeness (QED) is 0.900. The van der Waals surface area contributed by atoms with E-state index in [-0.39, 0.29) is 0 Å². The molecule has 0 saturated heterocycles. The molecule has 0 aromatic carbocycles. The summed E-state index contributed by atoms with van der Waals surface area (Å²) in [5.41, 5.74) is 0. The van der Waals surface area contributed by atoms with E-state index >= 15 is 0 Å². The van der Waals surface area contributed by atoms with Gasteiger partial charge in [-0.1, -0.05) is 37.4 Å². The lowest BCUT2D eigenvalue weighted by molar-refractivity contribution is 0.406. The Morgan fingerprint density at radius 1 is 1.18 bits per heavy atom. The van der Waals surface area contributed by atoms with E-state index in [9.17, 15) is 0 Å². The molecule has 1 aliphatic rings. The average Bonchev–Trinajstić information content (AvgIpc) is 2.69. The van der Waals surface area contributed by atoms with Crippen molar-refractivity contribution in [1.82, 2.24) is 15.5 Å². The maximum Gasteiger partial charge on any atom is 0.276 e. The number of nitrogens with zero attached hydrogens (tertiary/aromatic N) is 2. The first-order valence-electron chi connectivity index (χ1n) is 6.43. The zero-order valence-electron chi connectivity index (χ0n) is 10.6. The molecule has 0 amide bonds. The molecular formula is C12H21N3OS. The molecule has 1 heterocycles. The Balaban J connectivity index is 1.98. The molecular weight excluding hydrogens is 234 g/mol. The van der Waals surface area contributed by atoms with Crippen LogP contribution in [0.1, 0.15) is 44.4 Å². The Hall–Kier alpha value is -0.550. The van der Waals surface area contributed by atoms with Crippen molar-refractivity contribution in [2.24, 2.45) is 0 Å². The third-order valence-electron chi connectivity index (χ3n) is 3.33. The van der Waals surface area contributed by atoms with Crippen LogP contribution in [0.15, 0.2) is 9.64 Å². The van der Waals surface area contributed by atoms with E-state index in [4.69, 9.17) is 4.42 Å². The Bertz CT molecular complexity index is 342. The van der Waals surface area contributed by atoms with Gasteiger partial charge in [-0.15, -0.1) is 10.2 Å². The Labute approximate surface area is 107 Å². The highest BCUT2D eigenvalue weighted by molar-refractivity contribution is 7.99. The molecule has 1 aromatic rings. The molecule has 1 aromatic heterocycles. The van der Waals surface area contributed by atoms with Gasteiger partial charge >= 0.3 is 0 Å². The summed E-state index contributed by atoms with van der Waals surface area (Å²) in [5.74, 6) is 0.652. The van der Waals surface area contributed by atoms with E-state index in [0.717, 1.165) is 0 Å².